The second-order valence-corrected chi connectivity index (χ2v) is 2.26. The van der Waals surface area contributed by atoms with Crippen molar-refractivity contribution in [3.63, 3.8) is 0 Å². The van der Waals surface area contributed by atoms with E-state index < -0.39 is 0 Å². The lowest BCUT2D eigenvalue weighted by atomic mass is 10.0. The van der Waals surface area contributed by atoms with Gasteiger partial charge in [0.2, 0.25) is 0 Å². The Bertz CT molecular complexity index is 39.8. The normalized spacial score (nSPS) is 10.5. The Balaban J connectivity index is 2.92. The predicted octanol–water partition coefficient (Wildman–Crippen LogP) is 0.320. The maximum Gasteiger partial charge on any atom is -0.00747 e. The number of hydrogen-bond donors (Lipinski definition) is 2. The third-order valence-electron chi connectivity index (χ3n) is 1.32. The first-order chi connectivity index (χ1) is 3.81. The summed E-state index contributed by atoms with van der Waals surface area (Å²) in [5.74, 6) is 0.713. The summed E-state index contributed by atoms with van der Waals surface area (Å²) in [4.78, 5) is 0. The van der Waals surface area contributed by atoms with E-state index >= 15 is 0 Å². The fraction of sp³-hybridized carbons (Fsp3) is 1.00. The van der Waals surface area contributed by atoms with Crippen LogP contribution in [0.25, 0.3) is 0 Å². The molecular formula is C6H16N2. The van der Waals surface area contributed by atoms with Gasteiger partial charge in [0.1, 0.15) is 0 Å². The lowest BCUT2D eigenvalue weighted by Gasteiger charge is -2.05. The summed E-state index contributed by atoms with van der Waals surface area (Å²) in [6, 6.07) is 0. The summed E-state index contributed by atoms with van der Waals surface area (Å²) in [6.07, 6.45) is 2.22. The molecule has 0 radical (unpaired) electrons. The highest BCUT2D eigenvalue weighted by Crippen LogP contribution is 2.02. The van der Waals surface area contributed by atoms with Crippen molar-refractivity contribution in [3.8, 4) is 0 Å². The van der Waals surface area contributed by atoms with Crippen molar-refractivity contribution in [1.29, 1.82) is 0 Å². The second-order valence-electron chi connectivity index (χ2n) is 2.26. The van der Waals surface area contributed by atoms with E-state index in [1.165, 1.54) is 0 Å². The fourth-order valence-corrected chi connectivity index (χ4v) is 0.713. The van der Waals surface area contributed by atoms with Crippen molar-refractivity contribution >= 4 is 0 Å². The van der Waals surface area contributed by atoms with Crippen LogP contribution in [0.5, 0.6) is 0 Å². The van der Waals surface area contributed by atoms with Crippen molar-refractivity contribution in [1.82, 2.24) is 0 Å². The maximum atomic E-state index is 5.32. The molecule has 0 atom stereocenters. The van der Waals surface area contributed by atoms with Crippen molar-refractivity contribution < 1.29 is 0 Å². The highest BCUT2D eigenvalue weighted by atomic mass is 14.5. The van der Waals surface area contributed by atoms with Crippen LogP contribution in [-0.4, -0.2) is 13.1 Å². The van der Waals surface area contributed by atoms with Crippen LogP contribution < -0.4 is 11.5 Å². The molecule has 8 heavy (non-hydrogen) atoms. The Morgan fingerprint density at radius 1 is 1.12 bits per heavy atom. The van der Waals surface area contributed by atoms with Crippen molar-refractivity contribution in [2.24, 2.45) is 17.4 Å². The van der Waals surface area contributed by atoms with Gasteiger partial charge in [0.05, 0.1) is 0 Å². The molecule has 50 valence electrons. The minimum atomic E-state index is 0.713. The molecule has 0 aromatic carbocycles. The van der Waals surface area contributed by atoms with Crippen LogP contribution in [0.4, 0.5) is 0 Å². The molecule has 0 heterocycles. The summed E-state index contributed by atoms with van der Waals surface area (Å²) in [6.45, 7) is 3.77. The van der Waals surface area contributed by atoms with E-state index in [4.69, 9.17) is 11.5 Å². The average molecular weight is 116 g/mol. The summed E-state index contributed by atoms with van der Waals surface area (Å²) in [7, 11) is 0. The van der Waals surface area contributed by atoms with Gasteiger partial charge < -0.3 is 11.5 Å². The summed E-state index contributed by atoms with van der Waals surface area (Å²) < 4.78 is 0. The van der Waals surface area contributed by atoms with E-state index in [9.17, 15) is 0 Å². The lowest BCUT2D eigenvalue weighted by Crippen LogP contribution is -2.10. The Labute approximate surface area is 51.2 Å². The van der Waals surface area contributed by atoms with Gasteiger partial charge in [0.25, 0.3) is 0 Å². The standard InChI is InChI=1S/C6H16N2/c1-6(2-4-7)3-5-8/h6H,2-5,7-8H2,1H3. The zero-order chi connectivity index (χ0) is 6.41. The first-order valence-electron chi connectivity index (χ1n) is 3.21. The van der Waals surface area contributed by atoms with Crippen LogP contribution in [-0.2, 0) is 0 Å². The monoisotopic (exact) mass is 116 g/mol. The fourth-order valence-electron chi connectivity index (χ4n) is 0.713. The number of rotatable bonds is 4. The lowest BCUT2D eigenvalue weighted by molar-refractivity contribution is 0.507. The van der Waals surface area contributed by atoms with E-state index in [0.29, 0.717) is 5.92 Å². The topological polar surface area (TPSA) is 52.0 Å². The zero-order valence-corrected chi connectivity index (χ0v) is 5.56. The molecule has 0 aromatic rings. The molecule has 2 heteroatoms. The average Bonchev–Trinajstić information content (AvgIpc) is 1.68. The van der Waals surface area contributed by atoms with Crippen molar-refractivity contribution in [2.75, 3.05) is 13.1 Å². The minimum absolute atomic E-state index is 0.713. The first kappa shape index (κ1) is 7.92. The van der Waals surface area contributed by atoms with Gasteiger partial charge in [-0.25, -0.2) is 0 Å². The smallest absolute Gasteiger partial charge is 0.00747 e. The maximum absolute atomic E-state index is 5.32. The van der Waals surface area contributed by atoms with E-state index in [2.05, 4.69) is 6.92 Å². The van der Waals surface area contributed by atoms with Gasteiger partial charge in [0.15, 0.2) is 0 Å². The molecule has 0 aliphatic rings. The molecule has 2 nitrogen and oxygen atoms in total. The van der Waals surface area contributed by atoms with Crippen molar-refractivity contribution in [3.05, 3.63) is 0 Å². The molecular weight excluding hydrogens is 100 g/mol. The molecule has 0 fully saturated rings. The summed E-state index contributed by atoms with van der Waals surface area (Å²) in [5.41, 5.74) is 10.6. The van der Waals surface area contributed by atoms with Crippen LogP contribution >= 0.6 is 0 Å². The molecule has 0 spiro atoms. The molecule has 0 aliphatic heterocycles. The predicted molar refractivity (Wildman–Crippen MR) is 36.5 cm³/mol. The molecule has 4 N–H and O–H groups in total. The Morgan fingerprint density at radius 3 is 1.75 bits per heavy atom. The molecule has 0 unspecified atom stereocenters. The summed E-state index contributed by atoms with van der Waals surface area (Å²) >= 11 is 0. The highest BCUT2D eigenvalue weighted by molar-refractivity contribution is 4.52. The third-order valence-corrected chi connectivity index (χ3v) is 1.32. The van der Waals surface area contributed by atoms with Crippen LogP contribution in [0.15, 0.2) is 0 Å². The largest absolute Gasteiger partial charge is 0.330 e. The van der Waals surface area contributed by atoms with Crippen LogP contribution in [0.3, 0.4) is 0 Å². The van der Waals surface area contributed by atoms with E-state index in [-0.39, 0.29) is 0 Å². The van der Waals surface area contributed by atoms with Crippen LogP contribution in [0.1, 0.15) is 19.8 Å². The molecule has 0 aromatic heterocycles. The van der Waals surface area contributed by atoms with E-state index in [1.54, 1.807) is 0 Å². The SMILES string of the molecule is CC(CCN)CCN. The van der Waals surface area contributed by atoms with Gasteiger partial charge in [-0.3, -0.25) is 0 Å². The van der Waals surface area contributed by atoms with Gasteiger partial charge in [-0.15, -0.1) is 0 Å². The van der Waals surface area contributed by atoms with Gasteiger partial charge >= 0.3 is 0 Å². The van der Waals surface area contributed by atoms with Crippen LogP contribution in [0.2, 0.25) is 0 Å². The highest BCUT2D eigenvalue weighted by Gasteiger charge is 1.96. The van der Waals surface area contributed by atoms with Gasteiger partial charge in [0, 0.05) is 0 Å². The van der Waals surface area contributed by atoms with Gasteiger partial charge in [-0.1, -0.05) is 6.92 Å². The Kier molecular flexibility index (Phi) is 5.01. The van der Waals surface area contributed by atoms with Gasteiger partial charge in [-0.2, -0.15) is 0 Å². The van der Waals surface area contributed by atoms with Crippen LogP contribution in [0, 0.1) is 5.92 Å². The molecule has 0 saturated heterocycles. The summed E-state index contributed by atoms with van der Waals surface area (Å²) in [5, 5.41) is 0. The first-order valence-corrected chi connectivity index (χ1v) is 3.21. The van der Waals surface area contributed by atoms with Gasteiger partial charge in [-0.05, 0) is 31.8 Å². The van der Waals surface area contributed by atoms with E-state index in [1.807, 2.05) is 0 Å². The molecule has 0 amide bonds. The second kappa shape index (κ2) is 5.06. The molecule has 0 saturated carbocycles. The molecule has 0 bridgehead atoms. The Morgan fingerprint density at radius 2 is 1.50 bits per heavy atom. The number of nitrogens with two attached hydrogens (primary N) is 2. The number of hydrogen-bond acceptors (Lipinski definition) is 2. The van der Waals surface area contributed by atoms with E-state index in [0.717, 1.165) is 25.9 Å². The minimum Gasteiger partial charge on any atom is -0.330 e. The Hall–Kier alpha value is -0.0800. The third kappa shape index (κ3) is 4.09. The molecule has 0 aliphatic carbocycles. The quantitative estimate of drug-likeness (QED) is 0.555. The van der Waals surface area contributed by atoms with Crippen molar-refractivity contribution in [2.45, 2.75) is 19.8 Å². The zero-order valence-electron chi connectivity index (χ0n) is 5.56. The molecule has 0 rings (SSSR count).